The molecule has 0 saturated heterocycles. The van der Waals surface area contributed by atoms with Crippen molar-refractivity contribution in [2.24, 2.45) is 5.92 Å². The Morgan fingerprint density at radius 2 is 1.05 bits per heavy atom. The van der Waals surface area contributed by atoms with Gasteiger partial charge in [0, 0.05) is 21.5 Å². The van der Waals surface area contributed by atoms with Crippen LogP contribution in [0.3, 0.4) is 0 Å². The molecule has 209 valence electrons. The van der Waals surface area contributed by atoms with E-state index in [4.69, 9.17) is 9.47 Å². The predicted octanol–water partition coefficient (Wildman–Crippen LogP) is 5.11. The van der Waals surface area contributed by atoms with Crippen molar-refractivity contribution in [2.75, 3.05) is 7.05 Å². The van der Waals surface area contributed by atoms with Crippen LogP contribution < -0.4 is 9.47 Å². The lowest BCUT2D eigenvalue weighted by Crippen LogP contribution is -2.41. The second-order valence-electron chi connectivity index (χ2n) is 11.1. The van der Waals surface area contributed by atoms with Gasteiger partial charge in [-0.15, -0.1) is 0 Å². The SMILES string of the molecule is C.CC1CCC(N2C(=O)c3ccc(OC4CCC(Oc5ccc6c(c5)C(=O)N(C)C6=O)CC4)cc3C2=O)CC1.[B]. The molecule has 0 atom stereocenters. The molecule has 0 unspecified atom stereocenters. The standard InChI is InChI=1S/C30H32N2O6.CH4.B/c1-17-3-5-18(6-4-17)32-29(35)24-14-12-22(16-26(24)30(32)36)38-20-9-7-19(8-10-20)37-21-11-13-23-25(15-21)28(34)31(2)27(23)33;;/h11-20H,3-10H2,1-2H3;1H4;. The maximum absolute atomic E-state index is 13.2. The Kier molecular flexibility index (Phi) is 8.42. The van der Waals surface area contributed by atoms with Crippen molar-refractivity contribution in [2.45, 2.75) is 84.0 Å². The van der Waals surface area contributed by atoms with Crippen molar-refractivity contribution in [3.63, 3.8) is 0 Å². The average molecular weight is 543 g/mol. The van der Waals surface area contributed by atoms with E-state index in [1.54, 1.807) is 36.4 Å². The molecule has 40 heavy (non-hydrogen) atoms. The van der Waals surface area contributed by atoms with Crippen LogP contribution in [-0.4, -0.2) is 67.1 Å². The zero-order valence-electron chi connectivity index (χ0n) is 22.4. The van der Waals surface area contributed by atoms with Crippen molar-refractivity contribution in [1.82, 2.24) is 9.80 Å². The average Bonchev–Trinajstić information content (AvgIpc) is 3.29. The van der Waals surface area contributed by atoms with E-state index in [1.165, 1.54) is 11.9 Å². The van der Waals surface area contributed by atoms with Crippen LogP contribution >= 0.6 is 0 Å². The summed E-state index contributed by atoms with van der Waals surface area (Å²) < 4.78 is 12.4. The van der Waals surface area contributed by atoms with Gasteiger partial charge in [-0.2, -0.15) is 0 Å². The summed E-state index contributed by atoms with van der Waals surface area (Å²) in [6.45, 7) is 2.22. The van der Waals surface area contributed by atoms with Gasteiger partial charge in [-0.1, -0.05) is 14.4 Å². The molecule has 8 nitrogen and oxygen atoms in total. The van der Waals surface area contributed by atoms with Gasteiger partial charge in [0.1, 0.15) is 11.5 Å². The van der Waals surface area contributed by atoms with Gasteiger partial charge < -0.3 is 9.47 Å². The van der Waals surface area contributed by atoms with E-state index >= 15 is 0 Å². The summed E-state index contributed by atoms with van der Waals surface area (Å²) >= 11 is 0. The van der Waals surface area contributed by atoms with Crippen LogP contribution in [0.5, 0.6) is 11.5 Å². The number of nitrogens with zero attached hydrogens (tertiary/aromatic N) is 2. The number of carbonyl (C=O) groups excluding carboxylic acids is 4. The van der Waals surface area contributed by atoms with E-state index in [1.807, 2.05) is 0 Å². The summed E-state index contributed by atoms with van der Waals surface area (Å²) in [6, 6.07) is 10.3. The van der Waals surface area contributed by atoms with Gasteiger partial charge in [-0.3, -0.25) is 29.0 Å². The zero-order chi connectivity index (χ0) is 26.6. The third kappa shape index (κ3) is 5.14. The lowest BCUT2D eigenvalue weighted by Gasteiger charge is -2.32. The Morgan fingerprint density at radius 3 is 1.57 bits per heavy atom. The molecule has 0 spiro atoms. The topological polar surface area (TPSA) is 93.2 Å². The fourth-order valence-corrected chi connectivity index (χ4v) is 6.21. The lowest BCUT2D eigenvalue weighted by atomic mass is 9.86. The quantitative estimate of drug-likeness (QED) is 0.385. The molecule has 2 fully saturated rings. The molecule has 4 aliphatic rings. The van der Waals surface area contributed by atoms with E-state index in [-0.39, 0.29) is 57.7 Å². The molecule has 2 aliphatic heterocycles. The monoisotopic (exact) mass is 543 g/mol. The molecule has 2 aliphatic carbocycles. The second-order valence-corrected chi connectivity index (χ2v) is 11.1. The number of hydrogen-bond donors (Lipinski definition) is 0. The van der Waals surface area contributed by atoms with Crippen molar-refractivity contribution >= 4 is 32.0 Å². The summed E-state index contributed by atoms with van der Waals surface area (Å²) in [4.78, 5) is 53.1. The van der Waals surface area contributed by atoms with Crippen LogP contribution in [0.1, 0.15) is 107 Å². The van der Waals surface area contributed by atoms with Crippen molar-refractivity contribution in [3.8, 4) is 11.5 Å². The smallest absolute Gasteiger partial charge is 0.261 e. The van der Waals surface area contributed by atoms with Gasteiger partial charge in [-0.25, -0.2) is 0 Å². The summed E-state index contributed by atoms with van der Waals surface area (Å²) in [5, 5.41) is 0. The molecule has 2 heterocycles. The third-order valence-electron chi connectivity index (χ3n) is 8.53. The lowest BCUT2D eigenvalue weighted by molar-refractivity contribution is 0.0531. The van der Waals surface area contributed by atoms with Crippen LogP contribution in [0, 0.1) is 5.92 Å². The highest BCUT2D eigenvalue weighted by molar-refractivity contribution is 6.22. The number of ether oxygens (including phenoxy) is 2. The highest BCUT2D eigenvalue weighted by Crippen LogP contribution is 2.35. The third-order valence-corrected chi connectivity index (χ3v) is 8.53. The molecule has 9 heteroatoms. The first-order valence-electron chi connectivity index (χ1n) is 13.6. The van der Waals surface area contributed by atoms with E-state index in [2.05, 4.69) is 6.92 Å². The Balaban J connectivity index is 0.00000185. The normalized spacial score (nSPS) is 25.6. The molecule has 3 radical (unpaired) electrons. The van der Waals surface area contributed by atoms with E-state index in [9.17, 15) is 19.2 Å². The van der Waals surface area contributed by atoms with Crippen molar-refractivity contribution in [1.29, 1.82) is 0 Å². The van der Waals surface area contributed by atoms with Crippen LogP contribution in [0.15, 0.2) is 36.4 Å². The minimum absolute atomic E-state index is 0. The fraction of sp³-hybridized carbons (Fsp3) is 0.484. The van der Waals surface area contributed by atoms with Crippen LogP contribution in [0.2, 0.25) is 0 Å². The zero-order valence-corrected chi connectivity index (χ0v) is 22.4. The second kappa shape index (κ2) is 11.5. The molecule has 0 bridgehead atoms. The Morgan fingerprint density at radius 1 is 0.625 bits per heavy atom. The van der Waals surface area contributed by atoms with E-state index in [0.717, 1.165) is 56.3 Å². The number of hydrogen-bond acceptors (Lipinski definition) is 6. The van der Waals surface area contributed by atoms with Gasteiger partial charge >= 0.3 is 0 Å². The Bertz CT molecular complexity index is 1330. The summed E-state index contributed by atoms with van der Waals surface area (Å²) in [7, 11) is 1.48. The fourth-order valence-electron chi connectivity index (χ4n) is 6.21. The molecular weight excluding hydrogens is 507 g/mol. The predicted molar refractivity (Wildman–Crippen MR) is 151 cm³/mol. The molecule has 2 aromatic rings. The van der Waals surface area contributed by atoms with Gasteiger partial charge in [0.25, 0.3) is 23.6 Å². The molecular formula is C31H36BN2O6. The minimum Gasteiger partial charge on any atom is -0.490 e. The first-order valence-corrected chi connectivity index (χ1v) is 13.6. The van der Waals surface area contributed by atoms with Gasteiger partial charge in [-0.05, 0) is 93.7 Å². The molecule has 6 rings (SSSR count). The maximum atomic E-state index is 13.2. The molecule has 4 amide bonds. The largest absolute Gasteiger partial charge is 0.490 e. The first kappa shape index (κ1) is 29.4. The van der Waals surface area contributed by atoms with E-state index in [0.29, 0.717) is 39.7 Å². The van der Waals surface area contributed by atoms with Crippen LogP contribution in [0.25, 0.3) is 0 Å². The number of carbonyl (C=O) groups is 4. The van der Waals surface area contributed by atoms with Crippen LogP contribution in [-0.2, 0) is 0 Å². The Hall–Kier alpha value is -3.62. The first-order chi connectivity index (χ1) is 18.3. The summed E-state index contributed by atoms with van der Waals surface area (Å²) in [5.74, 6) is 0.863. The molecule has 2 saturated carbocycles. The summed E-state index contributed by atoms with van der Waals surface area (Å²) in [5.41, 5.74) is 1.71. The van der Waals surface area contributed by atoms with Gasteiger partial charge in [0.05, 0.1) is 34.5 Å². The minimum atomic E-state index is -0.307. The van der Waals surface area contributed by atoms with Gasteiger partial charge in [0.15, 0.2) is 0 Å². The van der Waals surface area contributed by atoms with Crippen molar-refractivity contribution < 1.29 is 28.7 Å². The highest BCUT2D eigenvalue weighted by atomic mass is 16.5. The van der Waals surface area contributed by atoms with Gasteiger partial charge in [0.2, 0.25) is 0 Å². The number of rotatable bonds is 5. The number of benzene rings is 2. The number of fused-ring (bicyclic) bond motifs is 2. The molecule has 0 aromatic heterocycles. The van der Waals surface area contributed by atoms with Crippen molar-refractivity contribution in [3.05, 3.63) is 58.7 Å². The highest BCUT2D eigenvalue weighted by Gasteiger charge is 2.41. The Labute approximate surface area is 237 Å². The maximum Gasteiger partial charge on any atom is 0.261 e. The number of amides is 4. The number of imide groups is 2. The van der Waals surface area contributed by atoms with E-state index < -0.39 is 0 Å². The molecule has 2 aromatic carbocycles. The van der Waals surface area contributed by atoms with Crippen LogP contribution in [0.4, 0.5) is 0 Å². The summed E-state index contributed by atoms with van der Waals surface area (Å²) in [6.07, 6.45) is 6.94. The molecule has 0 N–H and O–H groups in total.